The molecule has 1 aromatic rings. The van der Waals surface area contributed by atoms with E-state index in [4.69, 9.17) is 5.26 Å². The lowest BCUT2D eigenvalue weighted by atomic mass is 9.89. The van der Waals surface area contributed by atoms with Crippen molar-refractivity contribution in [3.63, 3.8) is 0 Å². The third-order valence-electron chi connectivity index (χ3n) is 3.09. The summed E-state index contributed by atoms with van der Waals surface area (Å²) in [5.74, 6) is 0.214. The average Bonchev–Trinajstić information content (AvgIpc) is 2.52. The second kappa shape index (κ2) is 7.06. The van der Waals surface area contributed by atoms with Crippen molar-refractivity contribution in [3.05, 3.63) is 90.3 Å². The molecule has 0 aromatic carbocycles. The van der Waals surface area contributed by atoms with Gasteiger partial charge >= 0.3 is 0 Å². The third kappa shape index (κ3) is 3.43. The molecular formula is C18H16N2. The van der Waals surface area contributed by atoms with E-state index in [1.54, 1.807) is 12.3 Å². The molecule has 0 N–H and O–H groups in total. The lowest BCUT2D eigenvalue weighted by Crippen LogP contribution is -2.02. The largest absolute Gasteiger partial charge is 0.245 e. The van der Waals surface area contributed by atoms with Crippen LogP contribution in [0.2, 0.25) is 0 Å². The van der Waals surface area contributed by atoms with E-state index >= 15 is 0 Å². The molecule has 98 valence electrons. The molecule has 2 rings (SSSR count). The van der Waals surface area contributed by atoms with Crippen molar-refractivity contribution < 1.29 is 0 Å². The Hall–Kier alpha value is -2.66. The normalized spacial score (nSPS) is 18.1. The van der Waals surface area contributed by atoms with Gasteiger partial charge in [-0.2, -0.15) is 5.26 Å². The highest BCUT2D eigenvalue weighted by atomic mass is 14.7. The molecule has 1 aliphatic carbocycles. The van der Waals surface area contributed by atoms with Crippen LogP contribution < -0.4 is 0 Å². The summed E-state index contributed by atoms with van der Waals surface area (Å²) in [4.78, 5) is 4.13. The highest BCUT2D eigenvalue weighted by molar-refractivity contribution is 5.43. The first kappa shape index (κ1) is 13.8. The van der Waals surface area contributed by atoms with Crippen molar-refractivity contribution in [2.45, 2.75) is 12.3 Å². The topological polar surface area (TPSA) is 36.7 Å². The summed E-state index contributed by atoms with van der Waals surface area (Å²) < 4.78 is 0. The first-order valence-corrected chi connectivity index (χ1v) is 6.54. The van der Waals surface area contributed by atoms with Crippen LogP contribution in [-0.4, -0.2) is 4.98 Å². The van der Waals surface area contributed by atoms with Gasteiger partial charge in [-0.15, -0.1) is 0 Å². The Labute approximate surface area is 119 Å². The lowest BCUT2D eigenvalue weighted by molar-refractivity contribution is 0.835. The summed E-state index contributed by atoms with van der Waals surface area (Å²) >= 11 is 0. The molecule has 1 atom stereocenters. The molecule has 0 spiro atoms. The van der Waals surface area contributed by atoms with Crippen molar-refractivity contribution in [1.82, 2.24) is 4.98 Å². The molecule has 1 aromatic heterocycles. The second-order valence-electron chi connectivity index (χ2n) is 4.44. The summed E-state index contributed by atoms with van der Waals surface area (Å²) in [5, 5.41) is 9.13. The molecule has 2 heteroatoms. The quantitative estimate of drug-likeness (QED) is 0.760. The number of nitriles is 1. The predicted octanol–water partition coefficient (Wildman–Crippen LogP) is 4.22. The highest BCUT2D eigenvalue weighted by Crippen LogP contribution is 2.28. The van der Waals surface area contributed by atoms with Crippen molar-refractivity contribution in [1.29, 1.82) is 5.26 Å². The zero-order valence-corrected chi connectivity index (χ0v) is 11.2. The molecule has 0 fully saturated rings. The molecule has 0 radical (unpaired) electrons. The van der Waals surface area contributed by atoms with Crippen molar-refractivity contribution in [2.24, 2.45) is 0 Å². The monoisotopic (exact) mass is 260 g/mol. The number of allylic oxidation sites excluding steroid dienone is 9. The standard InChI is InChI=1S/C18H16N2/c1-2-3-4-5-8-15-9-6-10-16(13-15)17-11-7-12-20-18(17)14-19/h2-9,11-13,16H,1,10H2/b4-3-,8-5+. The van der Waals surface area contributed by atoms with E-state index in [-0.39, 0.29) is 5.92 Å². The first-order chi connectivity index (χ1) is 9.85. The van der Waals surface area contributed by atoms with Crippen LogP contribution >= 0.6 is 0 Å². The molecule has 1 unspecified atom stereocenters. The third-order valence-corrected chi connectivity index (χ3v) is 3.09. The number of hydrogen-bond acceptors (Lipinski definition) is 2. The molecule has 1 aliphatic rings. The summed E-state index contributed by atoms with van der Waals surface area (Å²) in [6.45, 7) is 3.63. The van der Waals surface area contributed by atoms with Gasteiger partial charge in [0, 0.05) is 12.1 Å². The molecule has 2 nitrogen and oxygen atoms in total. The summed E-state index contributed by atoms with van der Waals surface area (Å²) in [5.41, 5.74) is 2.65. The van der Waals surface area contributed by atoms with Gasteiger partial charge in [0.1, 0.15) is 11.8 Å². The van der Waals surface area contributed by atoms with Crippen LogP contribution in [0.5, 0.6) is 0 Å². The maximum Gasteiger partial charge on any atom is 0.144 e. The van der Waals surface area contributed by atoms with Gasteiger partial charge in [0.25, 0.3) is 0 Å². The van der Waals surface area contributed by atoms with Crippen LogP contribution in [0.25, 0.3) is 0 Å². The van der Waals surface area contributed by atoms with E-state index in [1.165, 1.54) is 0 Å². The predicted molar refractivity (Wildman–Crippen MR) is 82.0 cm³/mol. The number of aromatic nitrogens is 1. The maximum absolute atomic E-state index is 9.13. The van der Waals surface area contributed by atoms with Crippen LogP contribution in [0.1, 0.15) is 23.6 Å². The Morgan fingerprint density at radius 2 is 2.25 bits per heavy atom. The van der Waals surface area contributed by atoms with E-state index in [0.717, 1.165) is 17.6 Å². The zero-order valence-electron chi connectivity index (χ0n) is 11.2. The molecule has 0 saturated carbocycles. The van der Waals surface area contributed by atoms with Crippen molar-refractivity contribution in [3.8, 4) is 6.07 Å². The van der Waals surface area contributed by atoms with Crippen molar-refractivity contribution >= 4 is 0 Å². The number of rotatable bonds is 4. The average molecular weight is 260 g/mol. The fourth-order valence-corrected chi connectivity index (χ4v) is 2.15. The Kier molecular flexibility index (Phi) is 4.86. The molecule has 0 bridgehead atoms. The van der Waals surface area contributed by atoms with Gasteiger partial charge in [-0.05, 0) is 23.6 Å². The Morgan fingerprint density at radius 3 is 3.05 bits per heavy atom. The zero-order chi connectivity index (χ0) is 14.2. The summed E-state index contributed by atoms with van der Waals surface area (Å²) in [6, 6.07) is 6.02. The number of nitrogens with zero attached hydrogens (tertiary/aromatic N) is 2. The van der Waals surface area contributed by atoms with Gasteiger partial charge in [0.15, 0.2) is 0 Å². The minimum absolute atomic E-state index is 0.214. The van der Waals surface area contributed by atoms with Crippen molar-refractivity contribution in [2.75, 3.05) is 0 Å². The van der Waals surface area contributed by atoms with Crippen LogP contribution in [0.3, 0.4) is 0 Å². The molecule has 0 aliphatic heterocycles. The minimum Gasteiger partial charge on any atom is -0.245 e. The summed E-state index contributed by atoms with van der Waals surface area (Å²) in [6.07, 6.45) is 18.6. The first-order valence-electron chi connectivity index (χ1n) is 6.54. The van der Waals surface area contributed by atoms with Crippen LogP contribution in [0.4, 0.5) is 0 Å². The van der Waals surface area contributed by atoms with Gasteiger partial charge in [-0.25, -0.2) is 4.98 Å². The molecule has 20 heavy (non-hydrogen) atoms. The SMILES string of the molecule is C=C/C=C\C=C\C1=CC(c2cccnc2C#N)CC=C1. The fraction of sp³-hybridized carbons (Fsp3) is 0.111. The Morgan fingerprint density at radius 1 is 1.35 bits per heavy atom. The fourth-order valence-electron chi connectivity index (χ4n) is 2.15. The number of pyridine rings is 1. The van der Waals surface area contributed by atoms with Gasteiger partial charge in [0.05, 0.1) is 0 Å². The smallest absolute Gasteiger partial charge is 0.144 e. The Balaban J connectivity index is 2.22. The van der Waals surface area contributed by atoms with Gasteiger partial charge < -0.3 is 0 Å². The van der Waals surface area contributed by atoms with Gasteiger partial charge in [-0.3, -0.25) is 0 Å². The highest BCUT2D eigenvalue weighted by Gasteiger charge is 2.15. The molecular weight excluding hydrogens is 244 g/mol. The van der Waals surface area contributed by atoms with Gasteiger partial charge in [0.2, 0.25) is 0 Å². The van der Waals surface area contributed by atoms with Crippen LogP contribution in [0, 0.1) is 11.3 Å². The van der Waals surface area contributed by atoms with E-state index in [9.17, 15) is 0 Å². The van der Waals surface area contributed by atoms with Crippen LogP contribution in [0.15, 0.2) is 79.1 Å². The van der Waals surface area contributed by atoms with E-state index in [0.29, 0.717) is 5.69 Å². The molecule has 0 amide bonds. The summed E-state index contributed by atoms with van der Waals surface area (Å²) in [7, 11) is 0. The van der Waals surface area contributed by atoms with E-state index in [2.05, 4.69) is 35.9 Å². The second-order valence-corrected chi connectivity index (χ2v) is 4.44. The van der Waals surface area contributed by atoms with E-state index < -0.39 is 0 Å². The Bertz CT molecular complexity index is 640. The molecule has 0 saturated heterocycles. The van der Waals surface area contributed by atoms with Crippen LogP contribution in [-0.2, 0) is 0 Å². The maximum atomic E-state index is 9.13. The van der Waals surface area contributed by atoms with Gasteiger partial charge in [-0.1, -0.05) is 61.3 Å². The molecule has 1 heterocycles. The minimum atomic E-state index is 0.214. The number of hydrogen-bond donors (Lipinski definition) is 0. The lowest BCUT2D eigenvalue weighted by Gasteiger charge is -2.16. The van der Waals surface area contributed by atoms with E-state index in [1.807, 2.05) is 36.4 Å².